The van der Waals surface area contributed by atoms with E-state index in [9.17, 15) is 9.90 Å². The number of halogens is 1. The number of carbonyl (C=O) groups excluding carboxylic acids is 1. The number of fused-ring (bicyclic) bond motifs is 7. The van der Waals surface area contributed by atoms with E-state index in [1.165, 1.54) is 7.11 Å². The molecule has 0 spiro atoms. The highest BCUT2D eigenvalue weighted by Gasteiger charge is 2.25. The number of hydrogen-bond acceptors (Lipinski definition) is 8. The van der Waals surface area contributed by atoms with Crippen molar-refractivity contribution >= 4 is 28.6 Å². The van der Waals surface area contributed by atoms with Crippen LogP contribution in [-0.4, -0.2) is 52.5 Å². The van der Waals surface area contributed by atoms with E-state index < -0.39 is 12.1 Å². The van der Waals surface area contributed by atoms with Gasteiger partial charge >= 0.3 is 5.97 Å². The zero-order chi connectivity index (χ0) is 31.8. The molecule has 9 nitrogen and oxygen atoms in total. The summed E-state index contributed by atoms with van der Waals surface area (Å²) < 4.78 is 24.7. The van der Waals surface area contributed by atoms with Gasteiger partial charge in [-0.1, -0.05) is 35.9 Å². The number of esters is 1. The SMILES string of the molecule is COC(=O)c1cc(OC)c2nc(Cc3ccc4cc3CCC(O)c3cc(Cl)ccc3COc3cccc-4n3)n(C[C@@H]3CCO3)c2c1. The van der Waals surface area contributed by atoms with Gasteiger partial charge in [0.2, 0.25) is 5.88 Å². The first-order chi connectivity index (χ1) is 22.4. The highest BCUT2D eigenvalue weighted by atomic mass is 35.5. The summed E-state index contributed by atoms with van der Waals surface area (Å²) in [6.45, 7) is 1.59. The average Bonchev–Trinajstić information content (AvgIpc) is 3.40. The van der Waals surface area contributed by atoms with Crippen LogP contribution in [0.5, 0.6) is 11.6 Å². The number of aryl methyl sites for hydroxylation is 1. The van der Waals surface area contributed by atoms with Gasteiger partial charge in [0.15, 0.2) is 0 Å². The molecule has 4 heterocycles. The van der Waals surface area contributed by atoms with Crippen LogP contribution in [0.3, 0.4) is 0 Å². The molecule has 7 rings (SSSR count). The quantitative estimate of drug-likeness (QED) is 0.210. The van der Waals surface area contributed by atoms with E-state index in [1.807, 2.05) is 42.5 Å². The lowest BCUT2D eigenvalue weighted by atomic mass is 9.93. The second-order valence-electron chi connectivity index (χ2n) is 11.7. The van der Waals surface area contributed by atoms with Crippen LogP contribution in [0.4, 0.5) is 0 Å². The van der Waals surface area contributed by atoms with Gasteiger partial charge < -0.3 is 28.6 Å². The molecule has 10 heteroatoms. The van der Waals surface area contributed by atoms with Crippen molar-refractivity contribution in [2.24, 2.45) is 0 Å². The Morgan fingerprint density at radius 2 is 1.91 bits per heavy atom. The fraction of sp³-hybridized carbons (Fsp3) is 0.306. The van der Waals surface area contributed by atoms with E-state index in [-0.39, 0.29) is 12.7 Å². The van der Waals surface area contributed by atoms with Crippen LogP contribution in [0.15, 0.2) is 66.7 Å². The van der Waals surface area contributed by atoms with Gasteiger partial charge in [-0.05, 0) is 77.9 Å². The zero-order valence-corrected chi connectivity index (χ0v) is 26.4. The Bertz CT molecular complexity index is 1940. The fourth-order valence-electron chi connectivity index (χ4n) is 6.23. The molecule has 2 aliphatic heterocycles. The highest BCUT2D eigenvalue weighted by Crippen LogP contribution is 2.34. The third kappa shape index (κ3) is 5.93. The van der Waals surface area contributed by atoms with Crippen molar-refractivity contribution < 1.29 is 28.8 Å². The summed E-state index contributed by atoms with van der Waals surface area (Å²) in [6, 6.07) is 21.0. The molecule has 2 atom stereocenters. The van der Waals surface area contributed by atoms with Crippen LogP contribution >= 0.6 is 11.6 Å². The van der Waals surface area contributed by atoms with E-state index in [0.29, 0.717) is 53.5 Å². The number of aliphatic hydroxyl groups is 1. The van der Waals surface area contributed by atoms with Crippen molar-refractivity contribution in [1.82, 2.24) is 14.5 Å². The van der Waals surface area contributed by atoms with Crippen molar-refractivity contribution in [3.8, 4) is 22.9 Å². The number of methoxy groups -OCH3 is 2. The van der Waals surface area contributed by atoms with E-state index in [1.54, 1.807) is 13.2 Å². The summed E-state index contributed by atoms with van der Waals surface area (Å²) in [7, 11) is 2.94. The molecule has 2 aliphatic rings. The van der Waals surface area contributed by atoms with E-state index in [4.69, 9.17) is 40.5 Å². The summed E-state index contributed by atoms with van der Waals surface area (Å²) in [5, 5.41) is 12.0. The third-order valence-corrected chi connectivity index (χ3v) is 9.06. The first kappa shape index (κ1) is 30.2. The molecule has 1 saturated heterocycles. The molecular weight excluding hydrogens is 606 g/mol. The first-order valence-electron chi connectivity index (χ1n) is 15.4. The minimum absolute atomic E-state index is 0.0582. The number of imidazole rings is 1. The van der Waals surface area contributed by atoms with E-state index in [2.05, 4.69) is 22.8 Å². The Kier molecular flexibility index (Phi) is 8.38. The molecule has 46 heavy (non-hydrogen) atoms. The lowest BCUT2D eigenvalue weighted by molar-refractivity contribution is -0.0589. The monoisotopic (exact) mass is 639 g/mol. The van der Waals surface area contributed by atoms with Crippen LogP contribution in [0.2, 0.25) is 5.02 Å². The lowest BCUT2D eigenvalue weighted by Crippen LogP contribution is -2.31. The number of aliphatic hydroxyl groups excluding tert-OH is 1. The number of nitrogens with zero attached hydrogens (tertiary/aromatic N) is 3. The first-order valence-corrected chi connectivity index (χ1v) is 15.7. The molecule has 4 bridgehead atoms. The molecule has 1 fully saturated rings. The summed E-state index contributed by atoms with van der Waals surface area (Å²) >= 11 is 6.36. The predicted octanol–water partition coefficient (Wildman–Crippen LogP) is 6.49. The zero-order valence-electron chi connectivity index (χ0n) is 25.7. The van der Waals surface area contributed by atoms with Crippen molar-refractivity contribution in [3.05, 3.63) is 105 Å². The van der Waals surface area contributed by atoms with Crippen molar-refractivity contribution in [3.63, 3.8) is 0 Å². The molecule has 236 valence electrons. The maximum atomic E-state index is 12.5. The van der Waals surface area contributed by atoms with Gasteiger partial charge in [0.1, 0.15) is 23.7 Å². The summed E-state index contributed by atoms with van der Waals surface area (Å²) in [5.41, 5.74) is 7.37. The number of aromatic nitrogens is 3. The molecule has 5 aromatic rings. The standard InChI is InChI=1S/C36H34ClN3O6/c1-43-32-16-25(36(42)44-2)15-30-35(32)39-33(40(30)19-27-12-13-45-27)17-22-6-7-23-14-21(22)9-11-31(41)28-18-26(37)10-8-24(28)20-46-34-5-3-4-29(23)38-34/h3-8,10,14-16,18,27,31,41H,9,11-13,17,19-20H2,1-2H3/t27-,31?/m0/s1. The third-order valence-electron chi connectivity index (χ3n) is 8.82. The maximum absolute atomic E-state index is 12.5. The molecule has 1 N–H and O–H groups in total. The molecule has 0 radical (unpaired) electrons. The summed E-state index contributed by atoms with van der Waals surface area (Å²) in [5.74, 6) is 1.39. The number of hydrogen-bond donors (Lipinski definition) is 1. The second kappa shape index (κ2) is 12.7. The van der Waals surface area contributed by atoms with Gasteiger partial charge in [-0.25, -0.2) is 14.8 Å². The smallest absolute Gasteiger partial charge is 0.338 e. The molecule has 2 aromatic heterocycles. The predicted molar refractivity (Wildman–Crippen MR) is 174 cm³/mol. The Morgan fingerprint density at radius 1 is 1.04 bits per heavy atom. The summed E-state index contributed by atoms with van der Waals surface area (Å²) in [6.07, 6.45) is 1.88. The minimum atomic E-state index is -0.744. The Morgan fingerprint density at radius 3 is 2.70 bits per heavy atom. The number of carbonyl (C=O) groups is 1. The Hall–Kier alpha value is -4.44. The normalized spacial score (nSPS) is 17.5. The van der Waals surface area contributed by atoms with Gasteiger partial charge in [0.25, 0.3) is 0 Å². The summed E-state index contributed by atoms with van der Waals surface area (Å²) in [4.78, 5) is 22.4. The van der Waals surface area contributed by atoms with Crippen molar-refractivity contribution in [2.75, 3.05) is 20.8 Å². The topological polar surface area (TPSA) is 105 Å². The number of pyridine rings is 1. The fourth-order valence-corrected chi connectivity index (χ4v) is 6.41. The highest BCUT2D eigenvalue weighted by molar-refractivity contribution is 6.30. The molecule has 0 aliphatic carbocycles. The van der Waals surface area contributed by atoms with Gasteiger partial charge in [0.05, 0.1) is 49.7 Å². The molecule has 0 saturated carbocycles. The van der Waals surface area contributed by atoms with Crippen molar-refractivity contribution in [2.45, 2.75) is 51.0 Å². The van der Waals surface area contributed by atoms with E-state index >= 15 is 0 Å². The Balaban J connectivity index is 1.32. The Labute approximate surface area is 271 Å². The van der Waals surface area contributed by atoms with Gasteiger partial charge in [-0.2, -0.15) is 0 Å². The van der Waals surface area contributed by atoms with Crippen LogP contribution in [0.1, 0.15) is 57.4 Å². The van der Waals surface area contributed by atoms with E-state index in [0.717, 1.165) is 57.9 Å². The number of ether oxygens (including phenoxy) is 4. The largest absolute Gasteiger partial charge is 0.494 e. The molecule has 0 amide bonds. The van der Waals surface area contributed by atoms with Gasteiger partial charge in [-0.3, -0.25) is 0 Å². The maximum Gasteiger partial charge on any atom is 0.338 e. The van der Waals surface area contributed by atoms with Gasteiger partial charge in [0, 0.05) is 29.7 Å². The lowest BCUT2D eigenvalue weighted by Gasteiger charge is -2.27. The molecular formula is C36H34ClN3O6. The number of benzene rings is 3. The molecule has 3 aromatic carbocycles. The van der Waals surface area contributed by atoms with Crippen molar-refractivity contribution in [1.29, 1.82) is 0 Å². The molecule has 1 unspecified atom stereocenters. The average molecular weight is 640 g/mol. The van der Waals surface area contributed by atoms with Crippen LogP contribution in [-0.2, 0) is 35.5 Å². The minimum Gasteiger partial charge on any atom is -0.494 e. The van der Waals surface area contributed by atoms with Crippen LogP contribution < -0.4 is 9.47 Å². The van der Waals surface area contributed by atoms with Gasteiger partial charge in [-0.15, -0.1) is 0 Å². The van der Waals surface area contributed by atoms with Crippen LogP contribution in [0.25, 0.3) is 22.3 Å². The van der Waals surface area contributed by atoms with Crippen LogP contribution in [0, 0.1) is 0 Å². The second-order valence-corrected chi connectivity index (χ2v) is 12.1. The number of rotatable bonds is 6.